The van der Waals surface area contributed by atoms with Crippen molar-refractivity contribution in [2.45, 2.75) is 39.0 Å². The highest BCUT2D eigenvalue weighted by Gasteiger charge is 2.18. The Morgan fingerprint density at radius 3 is 2.33 bits per heavy atom. The number of aliphatic hydroxyl groups is 1. The summed E-state index contributed by atoms with van der Waals surface area (Å²) in [7, 11) is 1.00. The van der Waals surface area contributed by atoms with Crippen LogP contribution in [0.2, 0.25) is 0 Å². The molecule has 0 bridgehead atoms. The van der Waals surface area contributed by atoms with Gasteiger partial charge in [0.25, 0.3) is 0 Å². The summed E-state index contributed by atoms with van der Waals surface area (Å²) in [6.07, 6.45) is 10.6. The number of carbonyl (C=O) groups is 1. The third-order valence-corrected chi connectivity index (χ3v) is 4.72. The highest BCUT2D eigenvalue weighted by atomic mass is 16.2. The summed E-state index contributed by atoms with van der Waals surface area (Å²) >= 11 is 0. The maximum atomic E-state index is 11.3. The molecule has 160 valence electrons. The van der Waals surface area contributed by atoms with Gasteiger partial charge < -0.3 is 15.7 Å². The average molecular weight is 412 g/mol. The van der Waals surface area contributed by atoms with E-state index in [1.807, 2.05) is 19.1 Å². The summed E-state index contributed by atoms with van der Waals surface area (Å²) in [5.74, 6) is 1.48. The molecule has 10 nitrogen and oxygen atoms in total. The molecular formula is C20H28N8O2. The maximum absolute atomic E-state index is 11.3. The number of aromatic nitrogens is 6. The van der Waals surface area contributed by atoms with Crippen LogP contribution in [0.15, 0.2) is 24.7 Å². The molecule has 0 radical (unpaired) electrons. The van der Waals surface area contributed by atoms with Gasteiger partial charge in [-0.1, -0.05) is 32.1 Å². The van der Waals surface area contributed by atoms with Crippen LogP contribution in [-0.4, -0.2) is 54.8 Å². The summed E-state index contributed by atoms with van der Waals surface area (Å²) in [6, 6.07) is 3.76. The van der Waals surface area contributed by atoms with Crippen LogP contribution in [0.3, 0.4) is 0 Å². The van der Waals surface area contributed by atoms with Crippen molar-refractivity contribution in [1.82, 2.24) is 30.1 Å². The van der Waals surface area contributed by atoms with Crippen molar-refractivity contribution in [3.63, 3.8) is 0 Å². The van der Waals surface area contributed by atoms with Crippen LogP contribution in [0.5, 0.6) is 0 Å². The van der Waals surface area contributed by atoms with E-state index >= 15 is 0 Å². The monoisotopic (exact) mass is 412 g/mol. The molecule has 1 aliphatic heterocycles. The summed E-state index contributed by atoms with van der Waals surface area (Å²) < 4.78 is 0. The number of carbonyl (C=O) groups excluding carboxylic acids is 1. The number of amides is 1. The number of anilines is 2. The largest absolute Gasteiger partial charge is 0.400 e. The predicted octanol–water partition coefficient (Wildman–Crippen LogP) is 2.80. The maximum Gasteiger partial charge on any atom is 0.244 e. The molecule has 3 aromatic rings. The molecule has 30 heavy (non-hydrogen) atoms. The molecule has 0 atom stereocenters. The smallest absolute Gasteiger partial charge is 0.244 e. The Balaban J connectivity index is 0.000000371. The molecule has 0 unspecified atom stereocenters. The van der Waals surface area contributed by atoms with Crippen molar-refractivity contribution in [3.8, 4) is 22.8 Å². The van der Waals surface area contributed by atoms with Crippen LogP contribution < -0.4 is 10.6 Å². The zero-order chi connectivity index (χ0) is 21.3. The normalized spacial score (nSPS) is 14.3. The highest BCUT2D eigenvalue weighted by Crippen LogP contribution is 2.27. The fourth-order valence-electron chi connectivity index (χ4n) is 3.25. The summed E-state index contributed by atoms with van der Waals surface area (Å²) in [5, 5.41) is 19.2. The van der Waals surface area contributed by atoms with Crippen molar-refractivity contribution >= 4 is 17.5 Å². The van der Waals surface area contributed by atoms with Crippen molar-refractivity contribution in [2.24, 2.45) is 0 Å². The molecule has 0 saturated heterocycles. The highest BCUT2D eigenvalue weighted by molar-refractivity contribution is 5.98. The van der Waals surface area contributed by atoms with Crippen LogP contribution in [0, 0.1) is 6.92 Å². The topological polar surface area (TPSA) is 142 Å². The lowest BCUT2D eigenvalue weighted by molar-refractivity contribution is -0.114. The summed E-state index contributed by atoms with van der Waals surface area (Å²) in [6.45, 7) is 2.08. The van der Waals surface area contributed by atoms with Gasteiger partial charge >= 0.3 is 0 Å². The fraction of sp³-hybridized carbons (Fsp3) is 0.400. The molecule has 1 fully saturated rings. The van der Waals surface area contributed by atoms with Gasteiger partial charge in [0.15, 0.2) is 17.5 Å². The zero-order valence-corrected chi connectivity index (χ0v) is 17.1. The number of aliphatic hydroxyl groups excluding tert-OH is 1. The molecule has 4 heterocycles. The van der Waals surface area contributed by atoms with E-state index in [-0.39, 0.29) is 13.9 Å². The SMILES string of the molecule is C1CCCC1.CO.Cc1nc(-c2ncn[nH]2)ccc1-c1cnc2c(n1)NCC(=O)N2.[HH]. The van der Waals surface area contributed by atoms with Gasteiger partial charge in [-0.15, -0.1) is 0 Å². The number of nitrogens with zero attached hydrogens (tertiary/aromatic N) is 5. The standard InChI is InChI=1S/C14H12N8O.C5H10.CH4O.H2/c1-7-8(2-3-9(19-7)12-17-6-18-22-12)10-4-15-14-13(20-10)16-5-11(23)21-14;1-2-4-5-3-1;1-2;/h2-4,6H,5H2,1H3,(H,16,20)(H,15,21,23)(H,17,18,22);1-5H2;2H,1H3;1H. The lowest BCUT2D eigenvalue weighted by atomic mass is 10.1. The van der Waals surface area contributed by atoms with Gasteiger partial charge in [0.05, 0.1) is 18.4 Å². The molecule has 2 aliphatic rings. The van der Waals surface area contributed by atoms with E-state index in [0.717, 1.165) is 18.4 Å². The summed E-state index contributed by atoms with van der Waals surface area (Å²) in [5.41, 5.74) is 3.05. The Bertz CT molecular complexity index is 970. The van der Waals surface area contributed by atoms with E-state index in [9.17, 15) is 4.79 Å². The number of aryl methyl sites for hydroxylation is 1. The Morgan fingerprint density at radius 1 is 0.967 bits per heavy atom. The number of pyridine rings is 1. The predicted molar refractivity (Wildman–Crippen MR) is 116 cm³/mol. The van der Waals surface area contributed by atoms with Crippen molar-refractivity contribution < 1.29 is 11.3 Å². The molecular weight excluding hydrogens is 384 g/mol. The van der Waals surface area contributed by atoms with Crippen LogP contribution in [0.25, 0.3) is 22.8 Å². The van der Waals surface area contributed by atoms with E-state index in [0.29, 0.717) is 28.8 Å². The number of aromatic amines is 1. The average Bonchev–Trinajstić information content (AvgIpc) is 3.52. The molecule has 1 saturated carbocycles. The third kappa shape index (κ3) is 5.15. The minimum absolute atomic E-state index is 0. The second-order valence-electron chi connectivity index (χ2n) is 6.79. The molecule has 3 aromatic heterocycles. The second-order valence-corrected chi connectivity index (χ2v) is 6.79. The summed E-state index contributed by atoms with van der Waals surface area (Å²) in [4.78, 5) is 28.7. The minimum atomic E-state index is -0.131. The van der Waals surface area contributed by atoms with Gasteiger partial charge in [0.1, 0.15) is 12.0 Å². The van der Waals surface area contributed by atoms with Gasteiger partial charge in [-0.05, 0) is 19.1 Å². The number of hydrogen-bond acceptors (Lipinski definition) is 8. The Labute approximate surface area is 176 Å². The number of H-pyrrole nitrogens is 1. The van der Waals surface area contributed by atoms with Crippen LogP contribution >= 0.6 is 0 Å². The Hall–Kier alpha value is -3.40. The number of rotatable bonds is 2. The first-order valence-electron chi connectivity index (χ1n) is 9.90. The first-order chi connectivity index (χ1) is 14.7. The molecule has 10 heteroatoms. The lowest BCUT2D eigenvalue weighted by Crippen LogP contribution is -2.28. The Morgan fingerprint density at radius 2 is 1.70 bits per heavy atom. The van der Waals surface area contributed by atoms with Crippen LogP contribution in [-0.2, 0) is 4.79 Å². The molecule has 1 aliphatic carbocycles. The zero-order valence-electron chi connectivity index (χ0n) is 17.1. The minimum Gasteiger partial charge on any atom is -0.400 e. The second kappa shape index (κ2) is 10.4. The van der Waals surface area contributed by atoms with E-state index in [1.165, 1.54) is 38.4 Å². The number of hydrogen-bond donors (Lipinski definition) is 4. The molecule has 1 amide bonds. The van der Waals surface area contributed by atoms with E-state index < -0.39 is 0 Å². The van der Waals surface area contributed by atoms with Crippen molar-refractivity contribution in [2.75, 3.05) is 24.3 Å². The van der Waals surface area contributed by atoms with Gasteiger partial charge in [0, 0.05) is 19.8 Å². The third-order valence-electron chi connectivity index (χ3n) is 4.72. The van der Waals surface area contributed by atoms with Gasteiger partial charge in [0.2, 0.25) is 5.91 Å². The van der Waals surface area contributed by atoms with E-state index in [4.69, 9.17) is 5.11 Å². The van der Waals surface area contributed by atoms with Crippen molar-refractivity contribution in [3.05, 3.63) is 30.4 Å². The quantitative estimate of drug-likeness (QED) is 0.503. The number of nitrogens with one attached hydrogen (secondary N) is 3. The fourth-order valence-corrected chi connectivity index (χ4v) is 3.25. The first kappa shape index (κ1) is 21.3. The van der Waals surface area contributed by atoms with E-state index in [2.05, 4.69) is 40.8 Å². The van der Waals surface area contributed by atoms with Crippen LogP contribution in [0.4, 0.5) is 11.6 Å². The molecule has 4 N–H and O–H groups in total. The lowest BCUT2D eigenvalue weighted by Gasteiger charge is -2.17. The number of fused-ring (bicyclic) bond motifs is 1. The molecule has 0 aromatic carbocycles. The van der Waals surface area contributed by atoms with Gasteiger partial charge in [-0.2, -0.15) is 5.10 Å². The first-order valence-corrected chi connectivity index (χ1v) is 9.90. The Kier molecular flexibility index (Phi) is 7.39. The molecule has 5 rings (SSSR count). The molecule has 0 spiro atoms. The van der Waals surface area contributed by atoms with Crippen molar-refractivity contribution in [1.29, 1.82) is 0 Å². The van der Waals surface area contributed by atoms with E-state index in [1.54, 1.807) is 6.20 Å². The van der Waals surface area contributed by atoms with Gasteiger partial charge in [-0.3, -0.25) is 9.89 Å². The van der Waals surface area contributed by atoms with Crippen LogP contribution in [0.1, 0.15) is 39.2 Å². The van der Waals surface area contributed by atoms with Gasteiger partial charge in [-0.25, -0.2) is 19.9 Å².